The Bertz CT molecular complexity index is 1040. The SMILES string of the molecule is CC(C)(C)OC(=O)N[C@]1(CN)[C@H](c2ccc(F)cc2)[C@H]1S(=O)(=O)c1ccc(Cl)cc1. The number of nitrogens with two attached hydrogens (primary N) is 1. The lowest BCUT2D eigenvalue weighted by Crippen LogP contribution is -2.49. The minimum atomic E-state index is -3.90. The fourth-order valence-electron chi connectivity index (χ4n) is 3.71. The van der Waals surface area contributed by atoms with Gasteiger partial charge in [0.2, 0.25) is 0 Å². The van der Waals surface area contributed by atoms with Crippen LogP contribution in [0.2, 0.25) is 5.02 Å². The maximum atomic E-state index is 13.4. The number of ether oxygens (including phenoxy) is 1. The molecule has 0 saturated heterocycles. The normalized spacial score (nSPS) is 23.7. The fourth-order valence-corrected chi connectivity index (χ4v) is 6.18. The number of carbonyl (C=O) groups excluding carboxylic acids is 1. The van der Waals surface area contributed by atoms with Gasteiger partial charge in [0.05, 0.1) is 10.4 Å². The minimum Gasteiger partial charge on any atom is -0.444 e. The van der Waals surface area contributed by atoms with Crippen LogP contribution in [0.3, 0.4) is 0 Å². The minimum absolute atomic E-state index is 0.0605. The quantitative estimate of drug-likeness (QED) is 0.718. The molecule has 3 atom stereocenters. The Morgan fingerprint density at radius 2 is 1.73 bits per heavy atom. The lowest BCUT2D eigenvalue weighted by molar-refractivity contribution is 0.0497. The molecule has 162 valence electrons. The maximum Gasteiger partial charge on any atom is 0.408 e. The highest BCUT2D eigenvalue weighted by Crippen LogP contribution is 2.57. The van der Waals surface area contributed by atoms with Gasteiger partial charge >= 0.3 is 6.09 Å². The Morgan fingerprint density at radius 1 is 1.17 bits per heavy atom. The van der Waals surface area contributed by atoms with Gasteiger partial charge in [-0.25, -0.2) is 17.6 Å². The van der Waals surface area contributed by atoms with E-state index in [2.05, 4.69) is 5.32 Å². The molecule has 0 aromatic heterocycles. The second kappa shape index (κ2) is 7.83. The number of halogens is 2. The van der Waals surface area contributed by atoms with E-state index in [1.54, 1.807) is 20.8 Å². The molecule has 0 radical (unpaired) electrons. The van der Waals surface area contributed by atoms with E-state index in [4.69, 9.17) is 22.1 Å². The summed E-state index contributed by atoms with van der Waals surface area (Å²) in [4.78, 5) is 12.6. The van der Waals surface area contributed by atoms with Crippen molar-refractivity contribution < 1.29 is 22.3 Å². The van der Waals surface area contributed by atoms with Gasteiger partial charge < -0.3 is 15.8 Å². The standard InChI is InChI=1S/C21H24ClFN2O4S/c1-20(2,3)29-19(26)25-21(12-24)17(13-4-8-15(23)9-5-13)18(21)30(27,28)16-10-6-14(22)7-11-16/h4-11,17-18H,12,24H2,1-3H3,(H,25,26)/t17-,18-,21-/m1/s1. The van der Waals surface area contributed by atoms with Crippen LogP contribution in [0.25, 0.3) is 0 Å². The van der Waals surface area contributed by atoms with Crippen molar-refractivity contribution in [1.82, 2.24) is 5.32 Å². The summed E-state index contributed by atoms with van der Waals surface area (Å²) in [6.45, 7) is 4.96. The number of rotatable bonds is 5. The topological polar surface area (TPSA) is 98.5 Å². The van der Waals surface area contributed by atoms with Crippen LogP contribution in [-0.2, 0) is 14.6 Å². The third kappa shape index (κ3) is 4.31. The molecule has 0 unspecified atom stereocenters. The van der Waals surface area contributed by atoms with Gasteiger partial charge in [-0.05, 0) is 62.7 Å². The van der Waals surface area contributed by atoms with Crippen molar-refractivity contribution in [2.24, 2.45) is 5.73 Å². The first kappa shape index (κ1) is 22.5. The van der Waals surface area contributed by atoms with E-state index in [0.29, 0.717) is 10.6 Å². The molecule has 9 heteroatoms. The van der Waals surface area contributed by atoms with Gasteiger partial charge in [-0.2, -0.15) is 0 Å². The zero-order valence-corrected chi connectivity index (χ0v) is 18.4. The van der Waals surface area contributed by atoms with Gasteiger partial charge in [0.15, 0.2) is 9.84 Å². The largest absolute Gasteiger partial charge is 0.444 e. The first-order valence-corrected chi connectivity index (χ1v) is 11.3. The van der Waals surface area contributed by atoms with Crippen molar-refractivity contribution in [2.75, 3.05) is 6.54 Å². The molecule has 0 bridgehead atoms. The average molecular weight is 455 g/mol. The highest BCUT2D eigenvalue weighted by Gasteiger charge is 2.71. The molecular weight excluding hydrogens is 431 g/mol. The number of sulfone groups is 1. The lowest BCUT2D eigenvalue weighted by atomic mass is 10.1. The average Bonchev–Trinajstić information content (AvgIpc) is 3.30. The Balaban J connectivity index is 2.03. The molecule has 1 amide bonds. The van der Waals surface area contributed by atoms with Gasteiger partial charge in [0.25, 0.3) is 0 Å². The van der Waals surface area contributed by atoms with Crippen LogP contribution in [0.15, 0.2) is 53.4 Å². The van der Waals surface area contributed by atoms with Crippen LogP contribution in [-0.4, -0.2) is 37.4 Å². The Hall–Kier alpha value is -2.16. The molecule has 1 aliphatic rings. The van der Waals surface area contributed by atoms with Crippen LogP contribution in [0.1, 0.15) is 32.3 Å². The van der Waals surface area contributed by atoms with Crippen molar-refractivity contribution in [1.29, 1.82) is 0 Å². The predicted octanol–water partition coefficient (Wildman–Crippen LogP) is 3.64. The summed E-state index contributed by atoms with van der Waals surface area (Å²) in [6, 6.07) is 11.3. The van der Waals surface area contributed by atoms with Gasteiger partial charge in [-0.3, -0.25) is 0 Å². The van der Waals surface area contributed by atoms with Crippen molar-refractivity contribution in [3.8, 4) is 0 Å². The number of alkyl carbamates (subject to hydrolysis) is 1. The van der Waals surface area contributed by atoms with Crippen molar-refractivity contribution in [3.63, 3.8) is 0 Å². The van der Waals surface area contributed by atoms with E-state index < -0.39 is 44.1 Å². The molecule has 1 fully saturated rings. The molecule has 3 N–H and O–H groups in total. The van der Waals surface area contributed by atoms with Crippen LogP contribution < -0.4 is 11.1 Å². The Morgan fingerprint density at radius 3 is 2.23 bits per heavy atom. The van der Waals surface area contributed by atoms with Gasteiger partial charge in [-0.1, -0.05) is 23.7 Å². The number of hydrogen-bond donors (Lipinski definition) is 2. The lowest BCUT2D eigenvalue weighted by Gasteiger charge is -2.24. The van der Waals surface area contributed by atoms with E-state index in [0.717, 1.165) is 0 Å². The van der Waals surface area contributed by atoms with E-state index in [-0.39, 0.29) is 11.4 Å². The van der Waals surface area contributed by atoms with Crippen LogP contribution in [0.5, 0.6) is 0 Å². The van der Waals surface area contributed by atoms with Crippen molar-refractivity contribution in [3.05, 3.63) is 64.9 Å². The summed E-state index contributed by atoms with van der Waals surface area (Å²) in [7, 11) is -3.90. The molecule has 1 aliphatic carbocycles. The molecule has 0 heterocycles. The van der Waals surface area contributed by atoms with E-state index in [1.807, 2.05) is 0 Å². The second-order valence-electron chi connectivity index (χ2n) is 8.32. The summed E-state index contributed by atoms with van der Waals surface area (Å²) < 4.78 is 45.6. The number of carbonyl (C=O) groups is 1. The molecular formula is C21H24ClFN2O4S. The summed E-state index contributed by atoms with van der Waals surface area (Å²) >= 11 is 5.89. The zero-order chi connectivity index (χ0) is 22.3. The second-order valence-corrected chi connectivity index (χ2v) is 10.8. The maximum absolute atomic E-state index is 13.4. The summed E-state index contributed by atoms with van der Waals surface area (Å²) in [6.07, 6.45) is -0.770. The number of nitrogens with one attached hydrogen (secondary N) is 1. The highest BCUT2D eigenvalue weighted by molar-refractivity contribution is 7.92. The van der Waals surface area contributed by atoms with Crippen molar-refractivity contribution in [2.45, 2.75) is 48.0 Å². The third-order valence-corrected chi connectivity index (χ3v) is 7.58. The molecule has 0 aliphatic heterocycles. The Kier molecular flexibility index (Phi) is 5.88. The molecule has 1 saturated carbocycles. The number of amides is 1. The zero-order valence-electron chi connectivity index (χ0n) is 16.9. The smallest absolute Gasteiger partial charge is 0.408 e. The summed E-state index contributed by atoms with van der Waals surface area (Å²) in [5.74, 6) is -1.12. The highest BCUT2D eigenvalue weighted by atomic mass is 35.5. The molecule has 2 aromatic carbocycles. The Labute approximate surface area is 180 Å². The monoisotopic (exact) mass is 454 g/mol. The summed E-state index contributed by atoms with van der Waals surface area (Å²) in [5.41, 5.74) is 4.49. The molecule has 6 nitrogen and oxygen atoms in total. The summed E-state index contributed by atoms with van der Waals surface area (Å²) in [5, 5.41) is 2.04. The predicted molar refractivity (Wildman–Crippen MR) is 113 cm³/mol. The van der Waals surface area contributed by atoms with Crippen molar-refractivity contribution >= 4 is 27.5 Å². The van der Waals surface area contributed by atoms with Gasteiger partial charge in [0.1, 0.15) is 16.7 Å². The molecule has 3 rings (SSSR count). The van der Waals surface area contributed by atoms with Crippen LogP contribution >= 0.6 is 11.6 Å². The van der Waals surface area contributed by atoms with Gasteiger partial charge in [-0.15, -0.1) is 0 Å². The third-order valence-electron chi connectivity index (χ3n) is 5.03. The molecule has 0 spiro atoms. The number of hydrogen-bond acceptors (Lipinski definition) is 5. The van der Waals surface area contributed by atoms with E-state index in [1.165, 1.54) is 48.5 Å². The molecule has 30 heavy (non-hydrogen) atoms. The fraction of sp³-hybridized carbons (Fsp3) is 0.381. The number of benzene rings is 2. The first-order chi connectivity index (χ1) is 13.9. The first-order valence-electron chi connectivity index (χ1n) is 9.37. The van der Waals surface area contributed by atoms with Gasteiger partial charge in [0, 0.05) is 17.5 Å². The van der Waals surface area contributed by atoms with Crippen LogP contribution in [0, 0.1) is 5.82 Å². The van der Waals surface area contributed by atoms with E-state index in [9.17, 15) is 17.6 Å². The van der Waals surface area contributed by atoms with E-state index >= 15 is 0 Å². The van der Waals surface area contributed by atoms with Crippen LogP contribution in [0.4, 0.5) is 9.18 Å². The molecule has 2 aromatic rings.